The van der Waals surface area contributed by atoms with Crippen LogP contribution in [-0.2, 0) is 33.3 Å². The van der Waals surface area contributed by atoms with Gasteiger partial charge in [0.05, 0.1) is 30.5 Å². The quantitative estimate of drug-likeness (QED) is 0.449. The summed E-state index contributed by atoms with van der Waals surface area (Å²) < 4.78 is 51.6. The molecule has 1 aliphatic heterocycles. The molecule has 1 heterocycles. The number of carbonyl (C=O) groups excluding carboxylic acids is 2. The summed E-state index contributed by atoms with van der Waals surface area (Å²) in [6, 6.07) is 8.70. The van der Waals surface area contributed by atoms with Crippen LogP contribution in [0.15, 0.2) is 40.9 Å². The largest absolute Gasteiger partial charge is 0.467 e. The number of hydrogen-bond acceptors (Lipinski definition) is 8. The molecule has 0 N–H and O–H groups in total. The molecular formula is C24H28BrF2NO7. The minimum Gasteiger partial charge on any atom is -0.467 e. The highest BCUT2D eigenvalue weighted by Crippen LogP contribution is 2.30. The Balaban J connectivity index is 0.000000258. The fourth-order valence-electron chi connectivity index (χ4n) is 3.35. The predicted molar refractivity (Wildman–Crippen MR) is 127 cm³/mol. The summed E-state index contributed by atoms with van der Waals surface area (Å²) in [6.45, 7) is 1.26. The molecule has 192 valence electrons. The van der Waals surface area contributed by atoms with Crippen molar-refractivity contribution >= 4 is 33.6 Å². The highest BCUT2D eigenvalue weighted by atomic mass is 79.9. The molecule has 1 fully saturated rings. The van der Waals surface area contributed by atoms with Crippen LogP contribution < -0.4 is 4.90 Å². The maximum atomic E-state index is 13.9. The van der Waals surface area contributed by atoms with Gasteiger partial charge in [0.25, 0.3) is 0 Å². The van der Waals surface area contributed by atoms with Gasteiger partial charge in [0.15, 0.2) is 12.2 Å². The zero-order valence-electron chi connectivity index (χ0n) is 20.0. The third-order valence-corrected chi connectivity index (χ3v) is 5.95. The van der Waals surface area contributed by atoms with Gasteiger partial charge in [-0.1, -0.05) is 12.1 Å². The highest BCUT2D eigenvalue weighted by Gasteiger charge is 2.30. The van der Waals surface area contributed by atoms with Gasteiger partial charge in [0, 0.05) is 34.4 Å². The molecule has 35 heavy (non-hydrogen) atoms. The SMILES string of the molecule is COC(=O)C(OC)c1ccc(F)c(Br)c1.COC(=O)C(OC)c1ccc(F)c(N2CC(OC)C2)c1. The molecule has 0 radical (unpaired) electrons. The van der Waals surface area contributed by atoms with Crippen molar-refractivity contribution in [2.24, 2.45) is 0 Å². The molecule has 1 saturated heterocycles. The number of halogens is 3. The van der Waals surface area contributed by atoms with Crippen molar-refractivity contribution in [2.75, 3.05) is 53.5 Å². The Morgan fingerprint density at radius 2 is 1.34 bits per heavy atom. The van der Waals surface area contributed by atoms with E-state index in [2.05, 4.69) is 25.4 Å². The van der Waals surface area contributed by atoms with E-state index >= 15 is 0 Å². The number of methoxy groups -OCH3 is 5. The average Bonchev–Trinajstić information content (AvgIpc) is 2.83. The Morgan fingerprint density at radius 1 is 0.857 bits per heavy atom. The topological polar surface area (TPSA) is 83.5 Å². The maximum Gasteiger partial charge on any atom is 0.339 e. The summed E-state index contributed by atoms with van der Waals surface area (Å²) >= 11 is 3.03. The van der Waals surface area contributed by atoms with E-state index in [0.717, 1.165) is 0 Å². The molecule has 0 saturated carbocycles. The molecule has 2 aromatic rings. The van der Waals surface area contributed by atoms with Gasteiger partial charge in [-0.05, 0) is 51.3 Å². The standard InChI is InChI=1S/C14H18FNO4.C10H10BrFO3/c1-18-10-7-16(8-10)12-6-9(4-5-11(12)15)13(19-2)14(17)20-3;1-14-9(10(13)15-2)6-3-4-8(12)7(11)5-6/h4-6,10,13H,7-8H2,1-3H3;3-5,9H,1-2H3. The van der Waals surface area contributed by atoms with E-state index in [-0.39, 0.29) is 16.4 Å². The van der Waals surface area contributed by atoms with Gasteiger partial charge in [-0.3, -0.25) is 0 Å². The second kappa shape index (κ2) is 13.5. The van der Waals surface area contributed by atoms with Crippen LogP contribution in [0.4, 0.5) is 14.5 Å². The Labute approximate surface area is 211 Å². The summed E-state index contributed by atoms with van der Waals surface area (Å²) in [5.41, 5.74) is 1.55. The molecule has 3 rings (SSSR count). The minimum atomic E-state index is -0.848. The number of rotatable bonds is 8. The van der Waals surface area contributed by atoms with Crippen LogP contribution >= 0.6 is 15.9 Å². The van der Waals surface area contributed by atoms with Crippen LogP contribution in [0.5, 0.6) is 0 Å². The van der Waals surface area contributed by atoms with Gasteiger partial charge < -0.3 is 28.6 Å². The summed E-state index contributed by atoms with van der Waals surface area (Å²) in [5.74, 6) is -1.75. The van der Waals surface area contributed by atoms with E-state index in [1.165, 1.54) is 58.8 Å². The van der Waals surface area contributed by atoms with Crippen LogP contribution in [0, 0.1) is 11.6 Å². The smallest absolute Gasteiger partial charge is 0.339 e. The van der Waals surface area contributed by atoms with Gasteiger partial charge in [-0.2, -0.15) is 0 Å². The first kappa shape index (κ1) is 28.6. The van der Waals surface area contributed by atoms with Crippen molar-refractivity contribution in [3.63, 3.8) is 0 Å². The first-order valence-electron chi connectivity index (χ1n) is 10.4. The zero-order chi connectivity index (χ0) is 26.1. The van der Waals surface area contributed by atoms with E-state index in [1.807, 2.05) is 4.90 Å². The maximum absolute atomic E-state index is 13.9. The number of anilines is 1. The summed E-state index contributed by atoms with van der Waals surface area (Å²) in [5, 5.41) is 0. The number of nitrogens with zero attached hydrogens (tertiary/aromatic N) is 1. The fraction of sp³-hybridized carbons (Fsp3) is 0.417. The molecule has 2 atom stereocenters. The lowest BCUT2D eigenvalue weighted by Crippen LogP contribution is -2.52. The lowest BCUT2D eigenvalue weighted by atomic mass is 10.0. The highest BCUT2D eigenvalue weighted by molar-refractivity contribution is 9.10. The monoisotopic (exact) mass is 559 g/mol. The van der Waals surface area contributed by atoms with Crippen LogP contribution in [0.25, 0.3) is 0 Å². The van der Waals surface area contributed by atoms with Gasteiger partial charge in [0.1, 0.15) is 11.6 Å². The second-order valence-corrected chi connectivity index (χ2v) is 8.28. The predicted octanol–water partition coefficient (Wildman–Crippen LogP) is 3.97. The molecule has 0 aromatic heterocycles. The van der Waals surface area contributed by atoms with Crippen LogP contribution in [0.2, 0.25) is 0 Å². The molecule has 1 aliphatic rings. The van der Waals surface area contributed by atoms with Crippen molar-refractivity contribution in [3.8, 4) is 0 Å². The third-order valence-electron chi connectivity index (χ3n) is 5.34. The summed E-state index contributed by atoms with van der Waals surface area (Å²) in [6.07, 6.45) is -1.55. The minimum absolute atomic E-state index is 0.122. The van der Waals surface area contributed by atoms with Gasteiger partial charge in [-0.15, -0.1) is 0 Å². The lowest BCUT2D eigenvalue weighted by Gasteiger charge is -2.40. The first-order chi connectivity index (χ1) is 16.7. The van der Waals surface area contributed by atoms with E-state index in [9.17, 15) is 18.4 Å². The molecule has 2 aromatic carbocycles. The molecule has 11 heteroatoms. The van der Waals surface area contributed by atoms with E-state index < -0.39 is 30.0 Å². The number of esters is 2. The number of ether oxygens (including phenoxy) is 5. The Hall–Kier alpha value is -2.60. The van der Waals surface area contributed by atoms with Crippen molar-refractivity contribution in [1.29, 1.82) is 0 Å². The van der Waals surface area contributed by atoms with Crippen LogP contribution in [-0.4, -0.2) is 66.7 Å². The lowest BCUT2D eigenvalue weighted by molar-refractivity contribution is -0.153. The van der Waals surface area contributed by atoms with Crippen molar-refractivity contribution in [2.45, 2.75) is 18.3 Å². The van der Waals surface area contributed by atoms with Gasteiger partial charge >= 0.3 is 11.9 Å². The molecule has 0 spiro atoms. The average molecular weight is 560 g/mol. The Morgan fingerprint density at radius 3 is 1.77 bits per heavy atom. The van der Waals surface area contributed by atoms with Crippen molar-refractivity contribution in [3.05, 3.63) is 63.6 Å². The van der Waals surface area contributed by atoms with Crippen LogP contribution in [0.3, 0.4) is 0 Å². The van der Waals surface area contributed by atoms with Crippen LogP contribution in [0.1, 0.15) is 23.3 Å². The zero-order valence-corrected chi connectivity index (χ0v) is 21.6. The molecule has 2 unspecified atom stereocenters. The van der Waals surface area contributed by atoms with Crippen molar-refractivity contribution < 1.29 is 42.1 Å². The summed E-state index contributed by atoms with van der Waals surface area (Å²) in [4.78, 5) is 24.8. The van der Waals surface area contributed by atoms with E-state index in [4.69, 9.17) is 14.2 Å². The fourth-order valence-corrected chi connectivity index (χ4v) is 3.74. The number of benzene rings is 2. The molecule has 8 nitrogen and oxygen atoms in total. The Kier molecular flexibility index (Phi) is 11.0. The first-order valence-corrected chi connectivity index (χ1v) is 11.2. The summed E-state index contributed by atoms with van der Waals surface area (Å²) in [7, 11) is 6.99. The number of carbonyl (C=O) groups is 2. The molecule has 0 aliphatic carbocycles. The molecule has 0 amide bonds. The van der Waals surface area contributed by atoms with E-state index in [0.29, 0.717) is 29.9 Å². The van der Waals surface area contributed by atoms with Gasteiger partial charge in [-0.25, -0.2) is 18.4 Å². The third kappa shape index (κ3) is 7.20. The van der Waals surface area contributed by atoms with Gasteiger partial charge in [0.2, 0.25) is 0 Å². The van der Waals surface area contributed by atoms with E-state index in [1.54, 1.807) is 13.2 Å². The van der Waals surface area contributed by atoms with Crippen molar-refractivity contribution in [1.82, 2.24) is 0 Å². The molecular weight excluding hydrogens is 532 g/mol. The number of hydrogen-bond donors (Lipinski definition) is 0. The Bertz CT molecular complexity index is 1020. The molecule has 0 bridgehead atoms. The second-order valence-electron chi connectivity index (χ2n) is 7.42. The normalized spacial score (nSPS) is 14.8.